The molecule has 1 fully saturated rings. The van der Waals surface area contributed by atoms with Crippen molar-refractivity contribution in [1.82, 2.24) is 9.80 Å². The average Bonchev–Trinajstić information content (AvgIpc) is 2.53. The minimum Gasteiger partial charge on any atom is -0.444 e. The fourth-order valence-electron chi connectivity index (χ4n) is 2.97. The molecule has 0 spiro atoms. The van der Waals surface area contributed by atoms with E-state index in [-0.39, 0.29) is 18.0 Å². The highest BCUT2D eigenvalue weighted by Crippen LogP contribution is 2.20. The molecule has 0 saturated carbocycles. The molecule has 2 rings (SSSR count). The van der Waals surface area contributed by atoms with E-state index in [2.05, 4.69) is 5.32 Å². The monoisotopic (exact) mass is 381 g/mol. The van der Waals surface area contributed by atoms with Crippen molar-refractivity contribution in [3.05, 3.63) is 29.3 Å². The van der Waals surface area contributed by atoms with Crippen LogP contribution in [0.4, 0.5) is 15.3 Å². The van der Waals surface area contributed by atoms with Crippen LogP contribution in [0.25, 0.3) is 0 Å². The number of nitrogens with zero attached hydrogens (tertiary/aromatic N) is 2. The fraction of sp³-hybridized carbons (Fsp3) is 0.579. The molecule has 0 bridgehead atoms. The summed E-state index contributed by atoms with van der Waals surface area (Å²) < 4.78 is 5.39. The zero-order chi connectivity index (χ0) is 19.3. The van der Waals surface area contributed by atoms with E-state index in [1.807, 2.05) is 26.8 Å². The van der Waals surface area contributed by atoms with E-state index < -0.39 is 5.60 Å². The normalized spacial score (nSPS) is 17.6. The van der Waals surface area contributed by atoms with Crippen LogP contribution in [0, 0.1) is 5.92 Å². The molecule has 144 valence electrons. The number of benzene rings is 1. The predicted molar refractivity (Wildman–Crippen MR) is 104 cm³/mol. The van der Waals surface area contributed by atoms with Crippen molar-refractivity contribution in [1.29, 1.82) is 0 Å². The van der Waals surface area contributed by atoms with Gasteiger partial charge >= 0.3 is 12.1 Å². The van der Waals surface area contributed by atoms with Gasteiger partial charge in [0, 0.05) is 37.4 Å². The Hall–Kier alpha value is -1.95. The number of nitrogens with one attached hydrogen (secondary N) is 1. The molecule has 1 aromatic rings. The minimum atomic E-state index is -0.513. The second-order valence-corrected chi connectivity index (χ2v) is 8.19. The van der Waals surface area contributed by atoms with E-state index in [0.717, 1.165) is 12.8 Å². The Labute approximate surface area is 160 Å². The number of anilines is 1. The number of halogens is 1. The van der Waals surface area contributed by atoms with E-state index in [0.29, 0.717) is 30.3 Å². The van der Waals surface area contributed by atoms with Crippen LogP contribution in [-0.2, 0) is 4.74 Å². The molecule has 0 unspecified atom stereocenters. The second kappa shape index (κ2) is 8.62. The van der Waals surface area contributed by atoms with E-state index in [1.54, 1.807) is 35.0 Å². The van der Waals surface area contributed by atoms with Gasteiger partial charge in [0.05, 0.1) is 0 Å². The third-order valence-electron chi connectivity index (χ3n) is 4.12. The van der Waals surface area contributed by atoms with Gasteiger partial charge in [-0.3, -0.25) is 0 Å². The molecule has 3 amide bonds. The van der Waals surface area contributed by atoms with Crippen molar-refractivity contribution in [2.45, 2.75) is 39.2 Å². The summed E-state index contributed by atoms with van der Waals surface area (Å²) in [5.74, 6) is 0.228. The first-order valence-corrected chi connectivity index (χ1v) is 9.27. The molecule has 6 nitrogen and oxygen atoms in total. The molecule has 1 aliphatic heterocycles. The number of likely N-dealkylation sites (tertiary alicyclic amines) is 1. The van der Waals surface area contributed by atoms with Gasteiger partial charge in [-0.05, 0) is 57.7 Å². The Morgan fingerprint density at radius 2 is 2.12 bits per heavy atom. The standard InChI is InChI=1S/C19H28ClN3O3/c1-19(2,3)26-18(25)22(4)12-14-7-6-10-23(13-14)17(24)21-16-9-5-8-15(20)11-16/h5,8-9,11,14H,6-7,10,12-13H2,1-4H3,(H,21,24)/t14-/m1/s1. The third kappa shape index (κ3) is 6.41. The highest BCUT2D eigenvalue weighted by molar-refractivity contribution is 6.30. The molecule has 1 aromatic carbocycles. The number of ether oxygens (including phenoxy) is 1. The highest BCUT2D eigenvalue weighted by atomic mass is 35.5. The molecule has 0 aliphatic carbocycles. The number of piperidine rings is 1. The van der Waals surface area contributed by atoms with Crippen LogP contribution in [-0.4, -0.2) is 54.2 Å². The molecule has 7 heteroatoms. The first-order chi connectivity index (χ1) is 12.1. The summed E-state index contributed by atoms with van der Waals surface area (Å²) in [4.78, 5) is 28.0. The van der Waals surface area contributed by atoms with Crippen LogP contribution < -0.4 is 5.32 Å². The van der Waals surface area contributed by atoms with E-state index in [9.17, 15) is 9.59 Å². The molecule has 26 heavy (non-hydrogen) atoms. The van der Waals surface area contributed by atoms with Crippen molar-refractivity contribution >= 4 is 29.4 Å². The molecule has 0 radical (unpaired) electrons. The number of hydrogen-bond acceptors (Lipinski definition) is 3. The van der Waals surface area contributed by atoms with Gasteiger partial charge in [-0.25, -0.2) is 9.59 Å². The second-order valence-electron chi connectivity index (χ2n) is 7.76. The number of rotatable bonds is 3. The Morgan fingerprint density at radius 3 is 2.77 bits per heavy atom. The van der Waals surface area contributed by atoms with Crippen LogP contribution in [0.2, 0.25) is 5.02 Å². The molecular formula is C19H28ClN3O3. The number of urea groups is 1. The molecule has 1 atom stereocenters. The van der Waals surface area contributed by atoms with Crippen molar-refractivity contribution in [2.24, 2.45) is 5.92 Å². The van der Waals surface area contributed by atoms with Gasteiger partial charge in [0.2, 0.25) is 0 Å². The zero-order valence-corrected chi connectivity index (χ0v) is 16.7. The van der Waals surface area contributed by atoms with E-state index in [4.69, 9.17) is 16.3 Å². The number of carbonyl (C=O) groups excluding carboxylic acids is 2. The van der Waals surface area contributed by atoms with Crippen LogP contribution in [0.5, 0.6) is 0 Å². The molecule has 1 saturated heterocycles. The van der Waals surface area contributed by atoms with Crippen LogP contribution in [0.3, 0.4) is 0 Å². The summed E-state index contributed by atoms with van der Waals surface area (Å²) in [6.07, 6.45) is 1.56. The summed E-state index contributed by atoms with van der Waals surface area (Å²) in [6, 6.07) is 6.95. The first-order valence-electron chi connectivity index (χ1n) is 8.89. The molecule has 1 N–H and O–H groups in total. The lowest BCUT2D eigenvalue weighted by Gasteiger charge is -2.35. The fourth-order valence-corrected chi connectivity index (χ4v) is 3.16. The summed E-state index contributed by atoms with van der Waals surface area (Å²) >= 11 is 5.96. The summed E-state index contributed by atoms with van der Waals surface area (Å²) in [7, 11) is 1.74. The number of amides is 3. The molecule has 1 heterocycles. The smallest absolute Gasteiger partial charge is 0.410 e. The topological polar surface area (TPSA) is 61.9 Å². The van der Waals surface area contributed by atoms with Gasteiger partial charge in [-0.2, -0.15) is 0 Å². The van der Waals surface area contributed by atoms with Gasteiger partial charge in [0.1, 0.15) is 5.60 Å². The Morgan fingerprint density at radius 1 is 1.38 bits per heavy atom. The van der Waals surface area contributed by atoms with Gasteiger partial charge in [-0.15, -0.1) is 0 Å². The lowest BCUT2D eigenvalue weighted by molar-refractivity contribution is 0.0253. The van der Waals surface area contributed by atoms with Crippen molar-refractivity contribution in [2.75, 3.05) is 32.0 Å². The summed E-state index contributed by atoms with van der Waals surface area (Å²) in [5, 5.41) is 3.46. The van der Waals surface area contributed by atoms with Gasteiger partial charge < -0.3 is 19.9 Å². The number of carbonyl (C=O) groups is 2. The van der Waals surface area contributed by atoms with Crippen LogP contribution in [0.15, 0.2) is 24.3 Å². The van der Waals surface area contributed by atoms with Gasteiger partial charge in [0.25, 0.3) is 0 Å². The Bertz CT molecular complexity index is 645. The number of hydrogen-bond donors (Lipinski definition) is 1. The quantitative estimate of drug-likeness (QED) is 0.841. The lowest BCUT2D eigenvalue weighted by Crippen LogP contribution is -2.46. The van der Waals surface area contributed by atoms with E-state index >= 15 is 0 Å². The van der Waals surface area contributed by atoms with Crippen molar-refractivity contribution in [3.8, 4) is 0 Å². The lowest BCUT2D eigenvalue weighted by atomic mass is 9.98. The predicted octanol–water partition coefficient (Wildman–Crippen LogP) is 4.45. The third-order valence-corrected chi connectivity index (χ3v) is 4.35. The van der Waals surface area contributed by atoms with Crippen molar-refractivity contribution < 1.29 is 14.3 Å². The molecule has 1 aliphatic rings. The maximum absolute atomic E-state index is 12.5. The highest BCUT2D eigenvalue weighted by Gasteiger charge is 2.27. The largest absolute Gasteiger partial charge is 0.444 e. The minimum absolute atomic E-state index is 0.142. The zero-order valence-electron chi connectivity index (χ0n) is 15.9. The van der Waals surface area contributed by atoms with Crippen molar-refractivity contribution in [3.63, 3.8) is 0 Å². The maximum Gasteiger partial charge on any atom is 0.410 e. The van der Waals surface area contributed by atoms with Gasteiger partial charge in [-0.1, -0.05) is 17.7 Å². The molecular weight excluding hydrogens is 354 g/mol. The first kappa shape index (κ1) is 20.4. The van der Waals surface area contributed by atoms with Crippen LogP contribution in [0.1, 0.15) is 33.6 Å². The maximum atomic E-state index is 12.5. The molecule has 0 aromatic heterocycles. The summed E-state index contributed by atoms with van der Waals surface area (Å²) in [5.41, 5.74) is 0.163. The Kier molecular flexibility index (Phi) is 6.75. The Balaban J connectivity index is 1.88. The van der Waals surface area contributed by atoms with Gasteiger partial charge in [0.15, 0.2) is 0 Å². The summed E-state index contributed by atoms with van der Waals surface area (Å²) in [6.45, 7) is 7.43. The average molecular weight is 382 g/mol. The van der Waals surface area contributed by atoms with E-state index in [1.165, 1.54) is 0 Å². The SMILES string of the molecule is CN(C[C@H]1CCCN(C(=O)Nc2cccc(Cl)c2)C1)C(=O)OC(C)(C)C. The van der Waals surface area contributed by atoms with Crippen LogP contribution >= 0.6 is 11.6 Å².